The maximum Gasteiger partial charge on any atom is 0.106 e. The molecule has 0 spiro atoms. The standard InChI is InChI=1S/C13H19N3S/c14-13(17)11-7-8-15-9-12(11)16-10-5-3-1-2-4-6-10/h7-10,16H,1-6H2,(H2,14,17). The van der Waals surface area contributed by atoms with Gasteiger partial charge in [0.05, 0.1) is 11.9 Å². The average molecular weight is 249 g/mol. The molecule has 17 heavy (non-hydrogen) atoms. The molecule has 92 valence electrons. The number of aromatic nitrogens is 1. The second-order valence-corrected chi connectivity index (χ2v) is 5.06. The van der Waals surface area contributed by atoms with Gasteiger partial charge in [-0.15, -0.1) is 0 Å². The highest BCUT2D eigenvalue weighted by Crippen LogP contribution is 2.22. The Morgan fingerprint density at radius 1 is 1.29 bits per heavy atom. The molecule has 0 unspecified atom stereocenters. The molecule has 2 rings (SSSR count). The van der Waals surface area contributed by atoms with E-state index in [0.29, 0.717) is 11.0 Å². The van der Waals surface area contributed by atoms with Gasteiger partial charge in [0.1, 0.15) is 4.99 Å². The number of thiocarbonyl (C=S) groups is 1. The van der Waals surface area contributed by atoms with Gasteiger partial charge in [0.25, 0.3) is 0 Å². The summed E-state index contributed by atoms with van der Waals surface area (Å²) in [6.45, 7) is 0. The molecule has 0 bridgehead atoms. The molecule has 1 heterocycles. The summed E-state index contributed by atoms with van der Waals surface area (Å²) in [6.07, 6.45) is 11.3. The lowest BCUT2D eigenvalue weighted by atomic mass is 10.1. The highest BCUT2D eigenvalue weighted by Gasteiger charge is 2.14. The maximum absolute atomic E-state index is 5.71. The zero-order valence-corrected chi connectivity index (χ0v) is 10.8. The van der Waals surface area contributed by atoms with Crippen LogP contribution in [0.4, 0.5) is 5.69 Å². The quantitative estimate of drug-likeness (QED) is 0.639. The summed E-state index contributed by atoms with van der Waals surface area (Å²) in [4.78, 5) is 4.57. The van der Waals surface area contributed by atoms with Crippen molar-refractivity contribution in [1.82, 2.24) is 4.98 Å². The zero-order valence-electron chi connectivity index (χ0n) is 9.98. The minimum Gasteiger partial charge on any atom is -0.389 e. The van der Waals surface area contributed by atoms with Crippen molar-refractivity contribution in [2.24, 2.45) is 5.73 Å². The first kappa shape index (κ1) is 12.3. The Bertz CT molecular complexity index is 384. The monoisotopic (exact) mass is 249 g/mol. The normalized spacial score (nSPS) is 17.4. The van der Waals surface area contributed by atoms with Crippen LogP contribution in [0.2, 0.25) is 0 Å². The number of pyridine rings is 1. The molecule has 1 fully saturated rings. The lowest BCUT2D eigenvalue weighted by Crippen LogP contribution is -2.21. The van der Waals surface area contributed by atoms with Crippen LogP contribution >= 0.6 is 12.2 Å². The van der Waals surface area contributed by atoms with Gasteiger partial charge >= 0.3 is 0 Å². The molecule has 1 aliphatic rings. The first-order valence-electron chi connectivity index (χ1n) is 6.28. The fourth-order valence-corrected chi connectivity index (χ4v) is 2.55. The maximum atomic E-state index is 5.71. The minimum atomic E-state index is 0.434. The van der Waals surface area contributed by atoms with Crippen LogP contribution < -0.4 is 11.1 Å². The van der Waals surface area contributed by atoms with E-state index in [1.54, 1.807) is 6.20 Å². The van der Waals surface area contributed by atoms with Gasteiger partial charge in [0, 0.05) is 17.8 Å². The Balaban J connectivity index is 2.09. The van der Waals surface area contributed by atoms with Crippen LogP contribution in [0.3, 0.4) is 0 Å². The van der Waals surface area contributed by atoms with E-state index in [0.717, 1.165) is 11.3 Å². The van der Waals surface area contributed by atoms with Crippen LogP contribution in [0.5, 0.6) is 0 Å². The van der Waals surface area contributed by atoms with Crippen LogP contribution in [-0.2, 0) is 0 Å². The highest BCUT2D eigenvalue weighted by atomic mass is 32.1. The minimum absolute atomic E-state index is 0.434. The number of hydrogen-bond donors (Lipinski definition) is 2. The van der Waals surface area contributed by atoms with Crippen molar-refractivity contribution in [3.05, 3.63) is 24.0 Å². The van der Waals surface area contributed by atoms with E-state index in [-0.39, 0.29) is 0 Å². The Morgan fingerprint density at radius 2 is 2.00 bits per heavy atom. The van der Waals surface area contributed by atoms with Gasteiger partial charge in [-0.25, -0.2) is 0 Å². The van der Waals surface area contributed by atoms with E-state index in [4.69, 9.17) is 18.0 Å². The van der Waals surface area contributed by atoms with Crippen molar-refractivity contribution in [2.75, 3.05) is 5.32 Å². The predicted molar refractivity (Wildman–Crippen MR) is 75.2 cm³/mol. The number of nitrogens with zero attached hydrogens (tertiary/aromatic N) is 1. The van der Waals surface area contributed by atoms with Crippen molar-refractivity contribution < 1.29 is 0 Å². The Morgan fingerprint density at radius 3 is 2.65 bits per heavy atom. The summed E-state index contributed by atoms with van der Waals surface area (Å²) in [5.74, 6) is 0. The van der Waals surface area contributed by atoms with Crippen LogP contribution in [0.15, 0.2) is 18.5 Å². The van der Waals surface area contributed by atoms with E-state index in [1.807, 2.05) is 12.3 Å². The molecule has 4 heteroatoms. The van der Waals surface area contributed by atoms with Crippen LogP contribution in [0.25, 0.3) is 0 Å². The van der Waals surface area contributed by atoms with E-state index >= 15 is 0 Å². The molecule has 1 aliphatic carbocycles. The Labute approximate surface area is 108 Å². The first-order valence-corrected chi connectivity index (χ1v) is 6.68. The third kappa shape index (κ3) is 3.40. The summed E-state index contributed by atoms with van der Waals surface area (Å²) >= 11 is 5.05. The number of anilines is 1. The SMILES string of the molecule is NC(=S)c1ccncc1NC1CCCCCC1. The predicted octanol–water partition coefficient (Wildman–Crippen LogP) is 2.85. The molecule has 0 radical (unpaired) electrons. The van der Waals surface area contributed by atoms with Gasteiger partial charge < -0.3 is 11.1 Å². The second kappa shape index (κ2) is 5.96. The highest BCUT2D eigenvalue weighted by molar-refractivity contribution is 7.80. The lowest BCUT2D eigenvalue weighted by molar-refractivity contribution is 0.619. The Hall–Kier alpha value is -1.16. The van der Waals surface area contributed by atoms with E-state index in [9.17, 15) is 0 Å². The number of nitrogens with one attached hydrogen (secondary N) is 1. The molecule has 1 saturated carbocycles. The van der Waals surface area contributed by atoms with E-state index in [1.165, 1.54) is 38.5 Å². The zero-order chi connectivity index (χ0) is 12.1. The summed E-state index contributed by atoms with van der Waals surface area (Å²) in [6, 6.07) is 2.41. The summed E-state index contributed by atoms with van der Waals surface area (Å²) in [7, 11) is 0. The molecule has 0 aromatic carbocycles. The first-order chi connectivity index (χ1) is 8.27. The molecule has 3 nitrogen and oxygen atoms in total. The van der Waals surface area contributed by atoms with Crippen molar-refractivity contribution >= 4 is 22.9 Å². The van der Waals surface area contributed by atoms with Crippen LogP contribution in [0, 0.1) is 0 Å². The molecular formula is C13H19N3S. The third-order valence-electron chi connectivity index (χ3n) is 3.30. The fraction of sp³-hybridized carbons (Fsp3) is 0.538. The van der Waals surface area contributed by atoms with Crippen molar-refractivity contribution in [2.45, 2.75) is 44.6 Å². The molecule has 1 aromatic rings. The molecule has 0 aliphatic heterocycles. The average Bonchev–Trinajstić information content (AvgIpc) is 2.58. The summed E-state index contributed by atoms with van der Waals surface area (Å²) in [5.41, 5.74) is 7.59. The van der Waals surface area contributed by atoms with Gasteiger partial charge in [-0.2, -0.15) is 0 Å². The van der Waals surface area contributed by atoms with Crippen molar-refractivity contribution in [3.63, 3.8) is 0 Å². The number of hydrogen-bond acceptors (Lipinski definition) is 3. The molecule has 3 N–H and O–H groups in total. The topological polar surface area (TPSA) is 50.9 Å². The van der Waals surface area contributed by atoms with Crippen molar-refractivity contribution in [1.29, 1.82) is 0 Å². The summed E-state index contributed by atoms with van der Waals surface area (Å²) in [5, 5.41) is 3.54. The van der Waals surface area contributed by atoms with E-state index < -0.39 is 0 Å². The van der Waals surface area contributed by atoms with Crippen molar-refractivity contribution in [3.8, 4) is 0 Å². The lowest BCUT2D eigenvalue weighted by Gasteiger charge is -2.19. The van der Waals surface area contributed by atoms with Gasteiger partial charge in [-0.1, -0.05) is 37.9 Å². The number of nitrogens with two attached hydrogens (primary N) is 1. The Kier molecular flexibility index (Phi) is 4.31. The van der Waals surface area contributed by atoms with Crippen LogP contribution in [-0.4, -0.2) is 16.0 Å². The van der Waals surface area contributed by atoms with Gasteiger partial charge in [0.2, 0.25) is 0 Å². The third-order valence-corrected chi connectivity index (χ3v) is 3.52. The molecule has 0 saturated heterocycles. The van der Waals surface area contributed by atoms with Gasteiger partial charge in [-0.05, 0) is 18.9 Å². The molecular weight excluding hydrogens is 230 g/mol. The van der Waals surface area contributed by atoms with E-state index in [2.05, 4.69) is 10.3 Å². The number of rotatable bonds is 3. The fourth-order valence-electron chi connectivity index (χ4n) is 2.37. The molecule has 1 aromatic heterocycles. The van der Waals surface area contributed by atoms with Gasteiger partial charge in [-0.3, -0.25) is 4.98 Å². The van der Waals surface area contributed by atoms with Crippen LogP contribution in [0.1, 0.15) is 44.1 Å². The smallest absolute Gasteiger partial charge is 0.106 e. The molecule has 0 atom stereocenters. The second-order valence-electron chi connectivity index (χ2n) is 4.62. The summed E-state index contributed by atoms with van der Waals surface area (Å²) < 4.78 is 0. The van der Waals surface area contributed by atoms with Gasteiger partial charge in [0.15, 0.2) is 0 Å². The molecule has 0 amide bonds. The largest absolute Gasteiger partial charge is 0.389 e.